The van der Waals surface area contributed by atoms with Crippen LogP contribution in [0.5, 0.6) is 0 Å². The van der Waals surface area contributed by atoms with Crippen LogP contribution in [-0.2, 0) is 4.57 Å². The smallest absolute Gasteiger partial charge is 0.166 e. The molecule has 0 radical (unpaired) electrons. The highest BCUT2D eigenvalue weighted by atomic mass is 31.1. The second-order valence-corrected chi connectivity index (χ2v) is 4.44. The second-order valence-electron chi connectivity index (χ2n) is 2.76. The van der Waals surface area contributed by atoms with Gasteiger partial charge in [-0.25, -0.2) is 0 Å². The molecule has 0 bridgehead atoms. The maximum Gasteiger partial charge on any atom is 0.166 e. The molecule has 0 aromatic carbocycles. The number of rotatable bonds is 2. The minimum atomic E-state index is -2.02. The van der Waals surface area contributed by atoms with Crippen LogP contribution in [0.1, 0.15) is 0 Å². The molecule has 2 heterocycles. The standard InChI is InChI=1S/C10H9N2OP/c13-14(9-5-1-3-7-11-9)10-6-2-4-8-12-10/h1-8,14H. The monoisotopic (exact) mass is 204 g/mol. The molecule has 0 amide bonds. The van der Waals surface area contributed by atoms with Gasteiger partial charge in [0.1, 0.15) is 10.9 Å². The van der Waals surface area contributed by atoms with Gasteiger partial charge < -0.3 is 4.57 Å². The van der Waals surface area contributed by atoms with Crippen LogP contribution in [0.4, 0.5) is 0 Å². The minimum absolute atomic E-state index is 0.608. The van der Waals surface area contributed by atoms with Crippen LogP contribution >= 0.6 is 7.80 Å². The first kappa shape index (κ1) is 9.10. The molecule has 0 aliphatic rings. The maximum atomic E-state index is 11.9. The summed E-state index contributed by atoms with van der Waals surface area (Å²) in [6.07, 6.45) is 3.28. The highest BCUT2D eigenvalue weighted by Crippen LogP contribution is 2.15. The molecule has 4 heteroatoms. The summed E-state index contributed by atoms with van der Waals surface area (Å²) in [4.78, 5) is 8.10. The normalized spacial score (nSPS) is 10.4. The summed E-state index contributed by atoms with van der Waals surface area (Å²) in [5, 5.41) is 0. The van der Waals surface area contributed by atoms with Gasteiger partial charge in [-0.1, -0.05) is 12.1 Å². The first-order valence-electron chi connectivity index (χ1n) is 4.25. The molecule has 0 aliphatic carbocycles. The first-order chi connectivity index (χ1) is 6.88. The van der Waals surface area contributed by atoms with E-state index < -0.39 is 7.80 Å². The minimum Gasteiger partial charge on any atom is -0.314 e. The topological polar surface area (TPSA) is 42.9 Å². The van der Waals surface area contributed by atoms with Crippen molar-refractivity contribution >= 4 is 18.7 Å². The average molecular weight is 204 g/mol. The Hall–Kier alpha value is -1.47. The molecule has 0 unspecified atom stereocenters. The molecule has 0 N–H and O–H groups in total. The van der Waals surface area contributed by atoms with E-state index in [0.29, 0.717) is 10.9 Å². The molecule has 0 spiro atoms. The molecule has 2 rings (SSSR count). The van der Waals surface area contributed by atoms with Gasteiger partial charge in [0.25, 0.3) is 0 Å². The van der Waals surface area contributed by atoms with E-state index in [0.717, 1.165) is 0 Å². The van der Waals surface area contributed by atoms with Gasteiger partial charge in [-0.3, -0.25) is 9.97 Å². The zero-order chi connectivity index (χ0) is 9.80. The summed E-state index contributed by atoms with van der Waals surface area (Å²) in [5.74, 6) is 0. The number of hydrogen-bond acceptors (Lipinski definition) is 3. The van der Waals surface area contributed by atoms with E-state index in [1.165, 1.54) is 0 Å². The largest absolute Gasteiger partial charge is 0.314 e. The van der Waals surface area contributed by atoms with Crippen molar-refractivity contribution < 1.29 is 4.57 Å². The lowest BCUT2D eigenvalue weighted by Crippen LogP contribution is -2.11. The van der Waals surface area contributed by atoms with Gasteiger partial charge in [0, 0.05) is 12.4 Å². The summed E-state index contributed by atoms with van der Waals surface area (Å²) in [7, 11) is -2.02. The molecule has 0 saturated heterocycles. The van der Waals surface area contributed by atoms with Crippen LogP contribution in [0.25, 0.3) is 0 Å². The third kappa shape index (κ3) is 1.88. The number of aromatic nitrogens is 2. The Balaban J connectivity index is 2.35. The molecular weight excluding hydrogens is 195 g/mol. The van der Waals surface area contributed by atoms with Crippen LogP contribution in [0, 0.1) is 0 Å². The maximum absolute atomic E-state index is 11.9. The third-order valence-corrected chi connectivity index (χ3v) is 3.32. The zero-order valence-corrected chi connectivity index (χ0v) is 8.42. The van der Waals surface area contributed by atoms with Crippen molar-refractivity contribution in [1.82, 2.24) is 9.97 Å². The van der Waals surface area contributed by atoms with Crippen molar-refractivity contribution in [3.8, 4) is 0 Å². The van der Waals surface area contributed by atoms with Gasteiger partial charge in [0.15, 0.2) is 7.80 Å². The second kappa shape index (κ2) is 4.16. The van der Waals surface area contributed by atoms with E-state index in [-0.39, 0.29) is 0 Å². The quantitative estimate of drug-likeness (QED) is 0.685. The van der Waals surface area contributed by atoms with Crippen LogP contribution < -0.4 is 10.9 Å². The fourth-order valence-electron chi connectivity index (χ4n) is 1.13. The number of nitrogens with zero attached hydrogens (tertiary/aromatic N) is 2. The van der Waals surface area contributed by atoms with E-state index in [1.807, 2.05) is 12.1 Å². The molecule has 2 aromatic heterocycles. The fourth-order valence-corrected chi connectivity index (χ4v) is 2.27. The van der Waals surface area contributed by atoms with Gasteiger partial charge in [-0.2, -0.15) is 0 Å². The summed E-state index contributed by atoms with van der Waals surface area (Å²) in [6, 6.07) is 10.8. The van der Waals surface area contributed by atoms with E-state index >= 15 is 0 Å². The Bertz CT molecular complexity index is 389. The highest BCUT2D eigenvalue weighted by molar-refractivity contribution is 7.60. The average Bonchev–Trinajstić information content (AvgIpc) is 2.30. The van der Waals surface area contributed by atoms with Gasteiger partial charge in [-0.05, 0) is 24.3 Å². The Labute approximate surface area is 82.6 Å². The Morgan fingerprint density at radius 2 is 1.36 bits per heavy atom. The van der Waals surface area contributed by atoms with Crippen LogP contribution in [0.3, 0.4) is 0 Å². The van der Waals surface area contributed by atoms with Crippen molar-refractivity contribution in [1.29, 1.82) is 0 Å². The van der Waals surface area contributed by atoms with Crippen molar-refractivity contribution in [3.63, 3.8) is 0 Å². The molecule has 0 atom stereocenters. The predicted octanol–water partition coefficient (Wildman–Crippen LogP) is 0.987. The van der Waals surface area contributed by atoms with E-state index in [4.69, 9.17) is 0 Å². The molecule has 0 fully saturated rings. The van der Waals surface area contributed by atoms with E-state index in [2.05, 4.69) is 9.97 Å². The van der Waals surface area contributed by atoms with Crippen molar-refractivity contribution in [2.45, 2.75) is 0 Å². The predicted molar refractivity (Wildman–Crippen MR) is 56.7 cm³/mol. The Morgan fingerprint density at radius 1 is 0.857 bits per heavy atom. The van der Waals surface area contributed by atoms with Crippen molar-refractivity contribution in [3.05, 3.63) is 48.8 Å². The summed E-state index contributed by atoms with van der Waals surface area (Å²) in [5.41, 5.74) is 1.22. The molecule has 70 valence electrons. The number of hydrogen-bond donors (Lipinski definition) is 0. The van der Waals surface area contributed by atoms with Crippen LogP contribution in [-0.4, -0.2) is 9.97 Å². The van der Waals surface area contributed by atoms with Gasteiger partial charge >= 0.3 is 0 Å². The molecule has 14 heavy (non-hydrogen) atoms. The molecule has 3 nitrogen and oxygen atoms in total. The summed E-state index contributed by atoms with van der Waals surface area (Å²) >= 11 is 0. The zero-order valence-electron chi connectivity index (χ0n) is 7.42. The Kier molecular flexibility index (Phi) is 2.70. The van der Waals surface area contributed by atoms with E-state index in [1.54, 1.807) is 36.7 Å². The lowest BCUT2D eigenvalue weighted by molar-refractivity contribution is 0.597. The van der Waals surface area contributed by atoms with E-state index in [9.17, 15) is 4.57 Å². The van der Waals surface area contributed by atoms with Crippen molar-refractivity contribution in [2.24, 2.45) is 0 Å². The lowest BCUT2D eigenvalue weighted by atomic mass is 10.5. The highest BCUT2D eigenvalue weighted by Gasteiger charge is 2.07. The molecule has 2 aromatic rings. The molecular formula is C10H9N2OP. The first-order valence-corrected chi connectivity index (χ1v) is 5.65. The summed E-state index contributed by atoms with van der Waals surface area (Å²) in [6.45, 7) is 0. The SMILES string of the molecule is O=[PH](c1ccccn1)c1ccccn1. The lowest BCUT2D eigenvalue weighted by Gasteiger charge is -1.99. The number of pyridine rings is 2. The molecule has 0 saturated carbocycles. The van der Waals surface area contributed by atoms with Gasteiger partial charge in [-0.15, -0.1) is 0 Å². The Morgan fingerprint density at radius 3 is 1.71 bits per heavy atom. The van der Waals surface area contributed by atoms with Crippen LogP contribution in [0.15, 0.2) is 48.8 Å². The van der Waals surface area contributed by atoms with Crippen molar-refractivity contribution in [2.75, 3.05) is 0 Å². The third-order valence-electron chi connectivity index (χ3n) is 1.80. The molecule has 0 aliphatic heterocycles. The summed E-state index contributed by atoms with van der Waals surface area (Å²) < 4.78 is 11.9. The fraction of sp³-hybridized carbons (Fsp3) is 0. The van der Waals surface area contributed by atoms with Gasteiger partial charge in [0.2, 0.25) is 0 Å². The van der Waals surface area contributed by atoms with Crippen LogP contribution in [0.2, 0.25) is 0 Å². The van der Waals surface area contributed by atoms with Gasteiger partial charge in [0.05, 0.1) is 0 Å².